The number of rotatable bonds is 4. The Bertz CT molecular complexity index is 769. The fraction of sp³-hybridized carbons (Fsp3) is 0.294. The molecule has 0 aliphatic carbocycles. The van der Waals surface area contributed by atoms with Gasteiger partial charge in [0.15, 0.2) is 0 Å². The normalized spacial score (nSPS) is 17.5. The first kappa shape index (κ1) is 13.4. The maximum Gasteiger partial charge on any atom is 0.136 e. The lowest BCUT2D eigenvalue weighted by atomic mass is 10.2. The molecule has 0 unspecified atom stereocenters. The lowest BCUT2D eigenvalue weighted by Crippen LogP contribution is -2.32. The molecule has 3 heterocycles. The number of nitrogens with zero attached hydrogens (tertiary/aromatic N) is 3. The van der Waals surface area contributed by atoms with E-state index in [-0.39, 0.29) is 6.04 Å². The average Bonchev–Trinajstić information content (AvgIpc) is 2.95. The van der Waals surface area contributed by atoms with Crippen molar-refractivity contribution < 1.29 is 4.74 Å². The van der Waals surface area contributed by atoms with Crippen LogP contribution in [-0.4, -0.2) is 27.7 Å². The largest absolute Gasteiger partial charge is 0.371 e. The van der Waals surface area contributed by atoms with Gasteiger partial charge in [-0.1, -0.05) is 18.2 Å². The second kappa shape index (κ2) is 5.87. The quantitative estimate of drug-likeness (QED) is 0.802. The molecule has 0 amide bonds. The minimum Gasteiger partial charge on any atom is -0.371 e. The lowest BCUT2D eigenvalue weighted by Gasteiger charge is -2.26. The van der Waals surface area contributed by atoms with Crippen molar-refractivity contribution in [3.8, 4) is 0 Å². The van der Waals surface area contributed by atoms with E-state index in [4.69, 9.17) is 4.74 Å². The fourth-order valence-electron chi connectivity index (χ4n) is 3.00. The number of pyridine rings is 1. The number of imidazole rings is 1. The number of hydrogen-bond donors (Lipinski definition) is 1. The summed E-state index contributed by atoms with van der Waals surface area (Å²) in [5.41, 5.74) is 3.42. The summed E-state index contributed by atoms with van der Waals surface area (Å²) in [5, 5.41) is 3.50. The number of fused-ring (bicyclic) bond motifs is 3. The molecule has 0 radical (unpaired) electrons. The third kappa shape index (κ3) is 2.49. The maximum absolute atomic E-state index is 5.71. The van der Waals surface area contributed by atoms with Crippen molar-refractivity contribution in [2.45, 2.75) is 19.2 Å². The minimum atomic E-state index is 0.271. The predicted octanol–water partition coefficient (Wildman–Crippen LogP) is 2.29. The molecule has 1 aliphatic rings. The summed E-state index contributed by atoms with van der Waals surface area (Å²) in [6.45, 7) is 2.97. The van der Waals surface area contributed by atoms with E-state index in [0.717, 1.165) is 24.4 Å². The fourth-order valence-corrected chi connectivity index (χ4v) is 3.00. The number of benzene rings is 1. The molecule has 2 aromatic heterocycles. The SMILES string of the molecule is c1cncc(CNC[C@H]2COCc3nc4ccccc4n32)c1. The van der Waals surface area contributed by atoms with Gasteiger partial charge in [-0.05, 0) is 23.8 Å². The van der Waals surface area contributed by atoms with E-state index in [1.54, 1.807) is 6.20 Å². The molecule has 0 fully saturated rings. The summed E-state index contributed by atoms with van der Waals surface area (Å²) < 4.78 is 8.02. The highest BCUT2D eigenvalue weighted by Gasteiger charge is 2.23. The van der Waals surface area contributed by atoms with Gasteiger partial charge in [-0.15, -0.1) is 0 Å². The molecule has 0 saturated carbocycles. The Balaban J connectivity index is 1.52. The Morgan fingerprint density at radius 1 is 1.23 bits per heavy atom. The molecule has 4 rings (SSSR count). The Hall–Kier alpha value is -2.24. The van der Waals surface area contributed by atoms with Crippen LogP contribution in [0.15, 0.2) is 48.8 Å². The molecule has 0 spiro atoms. The predicted molar refractivity (Wildman–Crippen MR) is 84.4 cm³/mol. The van der Waals surface area contributed by atoms with Crippen LogP contribution in [-0.2, 0) is 17.9 Å². The number of ether oxygens (including phenoxy) is 1. The van der Waals surface area contributed by atoms with Crippen LogP contribution in [0.25, 0.3) is 11.0 Å². The first-order valence-corrected chi connectivity index (χ1v) is 7.55. The van der Waals surface area contributed by atoms with Gasteiger partial charge in [0.25, 0.3) is 0 Å². The molecule has 112 valence electrons. The molecule has 1 aromatic carbocycles. The van der Waals surface area contributed by atoms with Crippen molar-refractivity contribution in [2.75, 3.05) is 13.2 Å². The van der Waals surface area contributed by atoms with Crippen LogP contribution in [0.3, 0.4) is 0 Å². The van der Waals surface area contributed by atoms with Crippen LogP contribution in [0.4, 0.5) is 0 Å². The van der Waals surface area contributed by atoms with Crippen LogP contribution >= 0.6 is 0 Å². The molecule has 1 aliphatic heterocycles. The zero-order valence-electron chi connectivity index (χ0n) is 12.3. The number of aromatic nitrogens is 3. The third-order valence-electron chi connectivity index (χ3n) is 4.01. The topological polar surface area (TPSA) is 52.0 Å². The Morgan fingerprint density at radius 3 is 3.09 bits per heavy atom. The Kier molecular flexibility index (Phi) is 3.58. The first-order valence-electron chi connectivity index (χ1n) is 7.55. The highest BCUT2D eigenvalue weighted by Crippen LogP contribution is 2.25. The molecule has 1 atom stereocenters. The van der Waals surface area contributed by atoms with Crippen molar-refractivity contribution >= 4 is 11.0 Å². The smallest absolute Gasteiger partial charge is 0.136 e. The third-order valence-corrected chi connectivity index (χ3v) is 4.01. The lowest BCUT2D eigenvalue weighted by molar-refractivity contribution is 0.0564. The molecule has 22 heavy (non-hydrogen) atoms. The van der Waals surface area contributed by atoms with Crippen molar-refractivity contribution in [3.05, 3.63) is 60.2 Å². The summed E-state index contributed by atoms with van der Waals surface area (Å²) >= 11 is 0. The minimum absolute atomic E-state index is 0.271. The highest BCUT2D eigenvalue weighted by atomic mass is 16.5. The van der Waals surface area contributed by atoms with Crippen molar-refractivity contribution in [3.63, 3.8) is 0 Å². The van der Waals surface area contributed by atoms with Gasteiger partial charge in [-0.2, -0.15) is 0 Å². The van der Waals surface area contributed by atoms with Crippen LogP contribution < -0.4 is 5.32 Å². The van der Waals surface area contributed by atoms with Gasteiger partial charge in [-0.3, -0.25) is 4.98 Å². The van der Waals surface area contributed by atoms with E-state index in [0.29, 0.717) is 13.2 Å². The average molecular weight is 294 g/mol. The van der Waals surface area contributed by atoms with E-state index in [2.05, 4.69) is 44.1 Å². The number of hydrogen-bond acceptors (Lipinski definition) is 4. The van der Waals surface area contributed by atoms with Gasteiger partial charge in [0, 0.05) is 25.5 Å². The van der Waals surface area contributed by atoms with E-state index in [9.17, 15) is 0 Å². The van der Waals surface area contributed by atoms with E-state index in [1.165, 1.54) is 11.1 Å². The van der Waals surface area contributed by atoms with Crippen LogP contribution in [0.2, 0.25) is 0 Å². The van der Waals surface area contributed by atoms with Gasteiger partial charge < -0.3 is 14.6 Å². The second-order valence-corrected chi connectivity index (χ2v) is 5.55. The van der Waals surface area contributed by atoms with Crippen molar-refractivity contribution in [1.29, 1.82) is 0 Å². The molecule has 1 N–H and O–H groups in total. The van der Waals surface area contributed by atoms with Gasteiger partial charge in [-0.25, -0.2) is 4.98 Å². The first-order chi connectivity index (χ1) is 10.9. The molecule has 0 bridgehead atoms. The van der Waals surface area contributed by atoms with Crippen molar-refractivity contribution in [2.24, 2.45) is 0 Å². The van der Waals surface area contributed by atoms with E-state index >= 15 is 0 Å². The molecule has 3 aromatic rings. The zero-order valence-corrected chi connectivity index (χ0v) is 12.3. The molecule has 5 nitrogen and oxygen atoms in total. The Morgan fingerprint density at radius 2 is 2.18 bits per heavy atom. The Labute approximate surface area is 129 Å². The maximum atomic E-state index is 5.71. The summed E-state index contributed by atoms with van der Waals surface area (Å²) in [6, 6.07) is 12.6. The van der Waals surface area contributed by atoms with Crippen LogP contribution in [0.1, 0.15) is 17.4 Å². The van der Waals surface area contributed by atoms with Crippen LogP contribution in [0.5, 0.6) is 0 Å². The summed E-state index contributed by atoms with van der Waals surface area (Å²) in [7, 11) is 0. The standard InChI is InChI=1S/C17H18N4O/c1-2-6-16-15(5-1)20-17-12-22-11-14(21(16)17)10-19-9-13-4-3-7-18-8-13/h1-8,14,19H,9-12H2/t14-/m0/s1. The highest BCUT2D eigenvalue weighted by molar-refractivity contribution is 5.76. The summed E-state index contributed by atoms with van der Waals surface area (Å²) in [4.78, 5) is 8.81. The molecule has 0 saturated heterocycles. The number of nitrogens with one attached hydrogen (secondary N) is 1. The van der Waals surface area contributed by atoms with Gasteiger partial charge in [0.2, 0.25) is 0 Å². The van der Waals surface area contributed by atoms with Gasteiger partial charge in [0.1, 0.15) is 12.4 Å². The van der Waals surface area contributed by atoms with Crippen molar-refractivity contribution in [1.82, 2.24) is 19.9 Å². The van der Waals surface area contributed by atoms with Gasteiger partial charge in [0.05, 0.1) is 23.7 Å². The zero-order chi connectivity index (χ0) is 14.8. The van der Waals surface area contributed by atoms with E-state index in [1.807, 2.05) is 18.3 Å². The van der Waals surface area contributed by atoms with Gasteiger partial charge >= 0.3 is 0 Å². The molecule has 5 heteroatoms. The molecular formula is C17H18N4O. The number of para-hydroxylation sites is 2. The summed E-state index contributed by atoms with van der Waals surface area (Å²) in [6.07, 6.45) is 3.69. The summed E-state index contributed by atoms with van der Waals surface area (Å²) in [5.74, 6) is 1.01. The van der Waals surface area contributed by atoms with Crippen LogP contribution in [0, 0.1) is 0 Å². The second-order valence-electron chi connectivity index (χ2n) is 5.55. The molecular weight excluding hydrogens is 276 g/mol. The monoisotopic (exact) mass is 294 g/mol. The van der Waals surface area contributed by atoms with E-state index < -0.39 is 0 Å².